The summed E-state index contributed by atoms with van der Waals surface area (Å²) >= 11 is 0. The molecule has 0 aromatic rings. The van der Waals surface area contributed by atoms with Crippen molar-refractivity contribution >= 4 is 5.97 Å². The molecular formula is C9H27NO2Y-2. The second-order valence-corrected chi connectivity index (χ2v) is 0.720. The van der Waals surface area contributed by atoms with Crippen molar-refractivity contribution < 1.29 is 42.2 Å². The molecule has 13 heavy (non-hydrogen) atoms. The average Bonchev–Trinajstić information content (AvgIpc) is 1.91. The Morgan fingerprint density at radius 3 is 1.46 bits per heavy atom. The number of esters is 1. The van der Waals surface area contributed by atoms with Crippen LogP contribution in [0.5, 0.6) is 0 Å². The minimum atomic E-state index is -0.491. The van der Waals surface area contributed by atoms with E-state index in [-0.39, 0.29) is 69.0 Å². The number of carbonyl (C=O) groups excluding carboxylic acids is 1. The summed E-state index contributed by atoms with van der Waals surface area (Å²) in [4.78, 5) is 9.77. The largest absolute Gasteiger partial charge is 0.639 e. The van der Waals surface area contributed by atoms with Gasteiger partial charge in [-0.1, -0.05) is 29.7 Å². The predicted octanol–water partition coefficient (Wildman–Crippen LogP) is 2.66. The van der Waals surface area contributed by atoms with Gasteiger partial charge in [0.2, 0.25) is 0 Å². The summed E-state index contributed by atoms with van der Waals surface area (Å²) in [6, 6.07) is 0. The van der Waals surface area contributed by atoms with Gasteiger partial charge >= 0.3 is 0 Å². The van der Waals surface area contributed by atoms with Crippen LogP contribution in [0.25, 0.3) is 0 Å². The fourth-order valence-electron chi connectivity index (χ4n) is 0.0589. The average molecular weight is 270 g/mol. The van der Waals surface area contributed by atoms with Crippen molar-refractivity contribution in [2.45, 2.75) is 36.6 Å². The van der Waals surface area contributed by atoms with Crippen molar-refractivity contribution in [3.8, 4) is 0 Å². The zero-order valence-corrected chi connectivity index (χ0v) is 8.43. The summed E-state index contributed by atoms with van der Waals surface area (Å²) in [6.45, 7) is 4.91. The monoisotopic (exact) mass is 270 g/mol. The maximum atomic E-state index is 9.77. The van der Waals surface area contributed by atoms with Crippen molar-refractivity contribution in [1.82, 2.24) is 0 Å². The molecule has 0 aromatic carbocycles. The third-order valence-corrected chi connectivity index (χ3v) is 0.328. The molecule has 0 fully saturated rings. The van der Waals surface area contributed by atoms with Gasteiger partial charge in [-0.2, -0.15) is 14.0 Å². The van der Waals surface area contributed by atoms with Gasteiger partial charge in [-0.25, -0.2) is 0 Å². The Kier molecular flexibility index (Phi) is 209. The molecule has 0 atom stereocenters. The van der Waals surface area contributed by atoms with Crippen LogP contribution >= 0.6 is 0 Å². The molecule has 0 amide bonds. The molecule has 0 spiro atoms. The molecule has 0 aromatic heterocycles. The van der Waals surface area contributed by atoms with Crippen LogP contribution in [0.2, 0.25) is 0 Å². The van der Waals surface area contributed by atoms with E-state index in [1.807, 2.05) is 0 Å². The topological polar surface area (TPSA) is 52.3 Å². The summed E-state index contributed by atoms with van der Waals surface area (Å²) < 4.78 is 3.89. The Bertz CT molecular complexity index is 55.6. The normalized spacial score (nSPS) is 4.00. The number of rotatable bonds is 1. The molecule has 0 rings (SSSR count). The van der Waals surface area contributed by atoms with Crippen LogP contribution in [0.3, 0.4) is 0 Å². The predicted molar refractivity (Wildman–Crippen MR) is 58.5 cm³/mol. The molecule has 0 aliphatic carbocycles. The van der Waals surface area contributed by atoms with Gasteiger partial charge in [-0.15, -0.1) is 0 Å². The van der Waals surface area contributed by atoms with E-state index in [4.69, 9.17) is 5.73 Å². The molecule has 3 nitrogen and oxygen atoms in total. The molecule has 4 heteroatoms. The Balaban J connectivity index is -0.00000000966. The number of ether oxygens (including phenoxy) is 1. The molecule has 2 N–H and O–H groups in total. The molecule has 1 radical (unpaired) electrons. The van der Waals surface area contributed by atoms with E-state index in [9.17, 15) is 4.79 Å². The van der Waals surface area contributed by atoms with Crippen molar-refractivity contribution in [2.24, 2.45) is 5.73 Å². The number of hydrogen-bond donors (Lipinski definition) is 1. The number of hydrogen-bond acceptors (Lipinski definition) is 3. The van der Waals surface area contributed by atoms with Gasteiger partial charge in [0.25, 0.3) is 5.97 Å². The van der Waals surface area contributed by atoms with Crippen LogP contribution in [0.1, 0.15) is 36.6 Å². The Hall–Kier alpha value is 0.534. The third-order valence-electron chi connectivity index (χ3n) is 0.328. The van der Waals surface area contributed by atoms with Crippen LogP contribution in [-0.4, -0.2) is 12.5 Å². The van der Waals surface area contributed by atoms with Crippen molar-refractivity contribution in [3.05, 3.63) is 14.0 Å². The number of carbonyl (C=O) groups is 1. The Labute approximate surface area is 111 Å². The summed E-state index contributed by atoms with van der Waals surface area (Å²) in [6.07, 6.45) is 0. The molecule has 0 bridgehead atoms. The summed E-state index contributed by atoms with van der Waals surface area (Å²) in [5.74, 6) is -0.491. The molecule has 0 aliphatic rings. The molecule has 85 valence electrons. The molecule has 0 saturated carbocycles. The zero-order valence-electron chi connectivity index (χ0n) is 5.59. The van der Waals surface area contributed by atoms with Crippen LogP contribution in [-0.2, 0) is 42.2 Å². The fourth-order valence-corrected chi connectivity index (χ4v) is 0.0589. The van der Waals surface area contributed by atoms with E-state index in [0.717, 1.165) is 0 Å². The van der Waals surface area contributed by atoms with E-state index in [1.165, 1.54) is 0 Å². The minimum absolute atomic E-state index is 0. The molecule has 0 aliphatic heterocycles. The smallest absolute Gasteiger partial charge is 0.288 e. The number of nitrogens with two attached hydrogens (primary N) is 1. The van der Waals surface area contributed by atoms with E-state index < -0.39 is 5.97 Å². The second-order valence-electron chi connectivity index (χ2n) is 0.720. The fraction of sp³-hybridized carbons (Fsp3) is 0.667. The molecule has 0 heterocycles. The maximum absolute atomic E-state index is 9.77. The van der Waals surface area contributed by atoms with Crippen LogP contribution in [0.4, 0.5) is 0 Å². The molecule has 0 unspecified atom stereocenters. The van der Waals surface area contributed by atoms with Gasteiger partial charge in [0.15, 0.2) is 0 Å². The first-order valence-corrected chi connectivity index (χ1v) is 2.17. The van der Waals surface area contributed by atoms with Gasteiger partial charge in [0.05, 0.1) is 6.54 Å². The van der Waals surface area contributed by atoms with Crippen LogP contribution < -0.4 is 5.73 Å². The van der Waals surface area contributed by atoms with Crippen LogP contribution in [0.15, 0.2) is 0 Å². The molecular weight excluding hydrogens is 243 g/mol. The summed E-state index contributed by atoms with van der Waals surface area (Å²) in [5.41, 5.74) is 4.77. The van der Waals surface area contributed by atoms with Gasteiger partial charge in [-0.05, 0) is 0 Å². The van der Waals surface area contributed by atoms with E-state index >= 15 is 0 Å². The van der Waals surface area contributed by atoms with Gasteiger partial charge in [0, 0.05) is 32.7 Å². The Morgan fingerprint density at radius 1 is 1.23 bits per heavy atom. The van der Waals surface area contributed by atoms with Gasteiger partial charge < -0.3 is 17.4 Å². The first-order valence-electron chi connectivity index (χ1n) is 2.17. The van der Waals surface area contributed by atoms with Crippen molar-refractivity contribution in [2.75, 3.05) is 6.54 Å². The summed E-state index contributed by atoms with van der Waals surface area (Å²) in [5, 5.41) is 0. The molecule has 0 saturated heterocycles. The van der Waals surface area contributed by atoms with Crippen molar-refractivity contribution in [1.29, 1.82) is 0 Å². The van der Waals surface area contributed by atoms with E-state index in [2.05, 4.69) is 18.8 Å². The van der Waals surface area contributed by atoms with Crippen molar-refractivity contribution in [3.63, 3.8) is 0 Å². The van der Waals surface area contributed by atoms with E-state index in [1.54, 1.807) is 6.92 Å². The minimum Gasteiger partial charge on any atom is -0.639 e. The standard InChI is InChI=1S/C3H6NO2.C2H5.4CH4.Y/c1-6-3(5)2-4;1-2;;;;;/h1-2,4H2;1H2,2H3;4*1H4;/q2*-1;;;;;. The third kappa shape index (κ3) is 67.7. The first-order chi connectivity index (χ1) is 3.81. The Morgan fingerprint density at radius 2 is 1.46 bits per heavy atom. The maximum Gasteiger partial charge on any atom is 0.288 e. The van der Waals surface area contributed by atoms with E-state index in [0.29, 0.717) is 0 Å². The van der Waals surface area contributed by atoms with Crippen LogP contribution in [0, 0.1) is 14.0 Å². The van der Waals surface area contributed by atoms with Gasteiger partial charge in [-0.3, -0.25) is 4.79 Å². The van der Waals surface area contributed by atoms with Gasteiger partial charge in [0.1, 0.15) is 0 Å². The first kappa shape index (κ1) is 49.8. The second kappa shape index (κ2) is 54.4. The SMILES string of the molecule is C.C.C.C.[CH2-]C.[CH2-]OC(=O)CN.[Y]. The zero-order chi connectivity index (χ0) is 6.99. The summed E-state index contributed by atoms with van der Waals surface area (Å²) in [7, 11) is 2.83. The quantitative estimate of drug-likeness (QED) is 0.588.